The molecular weight excluding hydrogens is 168 g/mol. The van der Waals surface area contributed by atoms with Crippen molar-refractivity contribution in [1.82, 2.24) is 0 Å². The monoisotopic (exact) mass is 184 g/mol. The fraction of sp³-hybridized carbons (Fsp3) is 0.700. The van der Waals surface area contributed by atoms with Gasteiger partial charge in [-0.2, -0.15) is 0 Å². The Hall–Kier alpha value is -0.830. The summed E-state index contributed by atoms with van der Waals surface area (Å²) in [4.78, 5) is 10.1. The molecule has 3 heteroatoms. The summed E-state index contributed by atoms with van der Waals surface area (Å²) in [5.41, 5.74) is 0. The van der Waals surface area contributed by atoms with Crippen molar-refractivity contribution < 1.29 is 14.6 Å². The first-order valence-corrected chi connectivity index (χ1v) is 4.80. The first-order valence-electron chi connectivity index (χ1n) is 4.80. The molecule has 3 nitrogen and oxygen atoms in total. The van der Waals surface area contributed by atoms with E-state index in [1.807, 2.05) is 0 Å². The zero-order valence-electron chi connectivity index (χ0n) is 7.74. The first kappa shape index (κ1) is 10.3. The number of carbonyl (C=O) groups is 1. The molecule has 1 aliphatic rings. The molecule has 0 aromatic heterocycles. The lowest BCUT2D eigenvalue weighted by Gasteiger charge is -2.20. The van der Waals surface area contributed by atoms with Crippen molar-refractivity contribution in [3.8, 4) is 0 Å². The molecule has 1 aliphatic carbocycles. The Balaban J connectivity index is 2.07. The van der Waals surface area contributed by atoms with Crippen LogP contribution in [0, 0.1) is 0 Å². The van der Waals surface area contributed by atoms with Gasteiger partial charge in [-0.3, -0.25) is 0 Å². The van der Waals surface area contributed by atoms with Crippen LogP contribution < -0.4 is 0 Å². The number of rotatable bonds is 4. The van der Waals surface area contributed by atoms with Gasteiger partial charge in [-0.1, -0.05) is 25.3 Å². The van der Waals surface area contributed by atoms with Crippen LogP contribution in [0.1, 0.15) is 32.1 Å². The van der Waals surface area contributed by atoms with Crippen molar-refractivity contribution in [2.45, 2.75) is 38.2 Å². The normalized spacial score (nSPS) is 19.4. The molecule has 0 amide bonds. The molecule has 0 aromatic carbocycles. The summed E-state index contributed by atoms with van der Waals surface area (Å²) in [5.74, 6) is -0.910. The maximum atomic E-state index is 10.1. The Morgan fingerprint density at radius 3 is 2.69 bits per heavy atom. The molecule has 1 N–H and O–H groups in total. The van der Waals surface area contributed by atoms with Crippen molar-refractivity contribution in [3.63, 3.8) is 0 Å². The molecule has 13 heavy (non-hydrogen) atoms. The van der Waals surface area contributed by atoms with Gasteiger partial charge in [0, 0.05) is 6.08 Å². The van der Waals surface area contributed by atoms with E-state index >= 15 is 0 Å². The molecule has 1 fully saturated rings. The van der Waals surface area contributed by atoms with Crippen LogP contribution in [-0.4, -0.2) is 23.8 Å². The van der Waals surface area contributed by atoms with Crippen molar-refractivity contribution in [3.05, 3.63) is 12.2 Å². The van der Waals surface area contributed by atoms with Gasteiger partial charge in [-0.05, 0) is 12.8 Å². The second-order valence-corrected chi connectivity index (χ2v) is 3.33. The average molecular weight is 184 g/mol. The maximum Gasteiger partial charge on any atom is 0.328 e. The van der Waals surface area contributed by atoms with Gasteiger partial charge in [0.15, 0.2) is 0 Å². The van der Waals surface area contributed by atoms with E-state index in [9.17, 15) is 4.79 Å². The first-order chi connectivity index (χ1) is 6.29. The van der Waals surface area contributed by atoms with Crippen LogP contribution >= 0.6 is 0 Å². The van der Waals surface area contributed by atoms with Crippen molar-refractivity contribution in [2.75, 3.05) is 6.61 Å². The van der Waals surface area contributed by atoms with E-state index in [0.717, 1.165) is 18.9 Å². The fourth-order valence-electron chi connectivity index (χ4n) is 1.57. The molecule has 0 saturated heterocycles. The van der Waals surface area contributed by atoms with Crippen LogP contribution in [0.25, 0.3) is 0 Å². The largest absolute Gasteiger partial charge is 0.478 e. The summed E-state index contributed by atoms with van der Waals surface area (Å²) in [6.07, 6.45) is 9.08. The molecular formula is C10H16O3. The van der Waals surface area contributed by atoms with Crippen molar-refractivity contribution in [1.29, 1.82) is 0 Å². The van der Waals surface area contributed by atoms with Crippen LogP contribution in [0.2, 0.25) is 0 Å². The molecule has 0 unspecified atom stereocenters. The predicted molar refractivity (Wildman–Crippen MR) is 49.6 cm³/mol. The maximum absolute atomic E-state index is 10.1. The summed E-state index contributed by atoms with van der Waals surface area (Å²) >= 11 is 0. The predicted octanol–water partition coefficient (Wildman–Crippen LogP) is 1.98. The van der Waals surface area contributed by atoms with Crippen molar-refractivity contribution >= 4 is 5.97 Å². The Bertz CT molecular complexity index is 181. The van der Waals surface area contributed by atoms with Crippen LogP contribution in [0.15, 0.2) is 12.2 Å². The summed E-state index contributed by atoms with van der Waals surface area (Å²) in [7, 11) is 0. The van der Waals surface area contributed by atoms with E-state index in [-0.39, 0.29) is 0 Å². The van der Waals surface area contributed by atoms with Gasteiger partial charge in [0.1, 0.15) is 0 Å². The zero-order chi connectivity index (χ0) is 9.52. The molecule has 0 radical (unpaired) electrons. The van der Waals surface area contributed by atoms with E-state index in [1.54, 1.807) is 6.08 Å². The number of hydrogen-bond donors (Lipinski definition) is 1. The zero-order valence-corrected chi connectivity index (χ0v) is 7.74. The highest BCUT2D eigenvalue weighted by molar-refractivity contribution is 5.79. The van der Waals surface area contributed by atoms with Gasteiger partial charge in [0.25, 0.3) is 0 Å². The molecule has 0 atom stereocenters. The SMILES string of the molecule is O=C(O)/C=C/COC1CCCCC1. The molecule has 0 aliphatic heterocycles. The van der Waals surface area contributed by atoms with Gasteiger partial charge in [-0.15, -0.1) is 0 Å². The number of carboxylic acids is 1. The molecule has 0 aromatic rings. The van der Waals surface area contributed by atoms with E-state index in [4.69, 9.17) is 9.84 Å². The van der Waals surface area contributed by atoms with Crippen LogP contribution in [0.3, 0.4) is 0 Å². The summed E-state index contributed by atoms with van der Waals surface area (Å²) in [6.45, 7) is 0.428. The molecule has 74 valence electrons. The third kappa shape index (κ3) is 4.68. The van der Waals surface area contributed by atoms with E-state index in [0.29, 0.717) is 12.7 Å². The molecule has 0 bridgehead atoms. The van der Waals surface area contributed by atoms with Gasteiger partial charge >= 0.3 is 5.97 Å². The van der Waals surface area contributed by atoms with Gasteiger partial charge < -0.3 is 9.84 Å². The number of carboxylic acid groups (broad SMARTS) is 1. The van der Waals surface area contributed by atoms with Crippen molar-refractivity contribution in [2.24, 2.45) is 0 Å². The lowest BCUT2D eigenvalue weighted by molar-refractivity contribution is -0.131. The standard InChI is InChI=1S/C10H16O3/c11-10(12)7-4-8-13-9-5-2-1-3-6-9/h4,7,9H,1-3,5-6,8H2,(H,11,12)/b7-4+. The minimum Gasteiger partial charge on any atom is -0.478 e. The van der Waals surface area contributed by atoms with E-state index in [2.05, 4.69) is 0 Å². The third-order valence-corrected chi connectivity index (χ3v) is 2.24. The van der Waals surface area contributed by atoms with Crippen LogP contribution in [0.4, 0.5) is 0 Å². The quantitative estimate of drug-likeness (QED) is 0.679. The Morgan fingerprint density at radius 1 is 1.38 bits per heavy atom. The Labute approximate surface area is 78.4 Å². The highest BCUT2D eigenvalue weighted by Crippen LogP contribution is 2.19. The second kappa shape index (κ2) is 5.75. The smallest absolute Gasteiger partial charge is 0.328 e. The molecule has 0 spiro atoms. The lowest BCUT2D eigenvalue weighted by atomic mass is 9.98. The number of hydrogen-bond acceptors (Lipinski definition) is 2. The molecule has 1 rings (SSSR count). The topological polar surface area (TPSA) is 46.5 Å². The third-order valence-electron chi connectivity index (χ3n) is 2.24. The lowest BCUT2D eigenvalue weighted by Crippen LogP contribution is -2.16. The highest BCUT2D eigenvalue weighted by Gasteiger charge is 2.12. The second-order valence-electron chi connectivity index (χ2n) is 3.33. The minimum atomic E-state index is -0.910. The van der Waals surface area contributed by atoms with Gasteiger partial charge in [0.2, 0.25) is 0 Å². The Kier molecular flexibility index (Phi) is 4.54. The summed E-state index contributed by atoms with van der Waals surface area (Å²) in [6, 6.07) is 0. The minimum absolute atomic E-state index is 0.354. The van der Waals surface area contributed by atoms with Crippen LogP contribution in [0.5, 0.6) is 0 Å². The number of ether oxygens (including phenoxy) is 1. The highest BCUT2D eigenvalue weighted by atomic mass is 16.5. The molecule has 0 heterocycles. The fourth-order valence-corrected chi connectivity index (χ4v) is 1.57. The van der Waals surface area contributed by atoms with Gasteiger partial charge in [0.05, 0.1) is 12.7 Å². The Morgan fingerprint density at radius 2 is 2.08 bits per heavy atom. The molecule has 1 saturated carbocycles. The van der Waals surface area contributed by atoms with E-state index in [1.165, 1.54) is 19.3 Å². The number of aliphatic carboxylic acids is 1. The van der Waals surface area contributed by atoms with Crippen LogP contribution in [-0.2, 0) is 9.53 Å². The van der Waals surface area contributed by atoms with Gasteiger partial charge in [-0.25, -0.2) is 4.79 Å². The summed E-state index contributed by atoms with van der Waals surface area (Å²) < 4.78 is 5.48. The summed E-state index contributed by atoms with van der Waals surface area (Å²) in [5, 5.41) is 8.31. The van der Waals surface area contributed by atoms with E-state index < -0.39 is 5.97 Å². The average Bonchev–Trinajstić information content (AvgIpc) is 2.14.